The van der Waals surface area contributed by atoms with Crippen molar-refractivity contribution in [1.82, 2.24) is 9.91 Å². The minimum atomic E-state index is -0.385. The Bertz CT molecular complexity index is 1270. The first-order valence-electron chi connectivity index (χ1n) is 11.4. The van der Waals surface area contributed by atoms with Gasteiger partial charge in [-0.05, 0) is 78.6 Å². The Morgan fingerprint density at radius 3 is 2.34 bits per heavy atom. The van der Waals surface area contributed by atoms with Gasteiger partial charge in [-0.3, -0.25) is 9.59 Å². The van der Waals surface area contributed by atoms with Gasteiger partial charge in [0.15, 0.2) is 0 Å². The molecule has 0 saturated heterocycles. The van der Waals surface area contributed by atoms with Crippen molar-refractivity contribution in [3.8, 4) is 5.75 Å². The first-order chi connectivity index (χ1) is 16.8. The standard InChI is InChI=1S/C28H28FN3O3/c1-18-5-6-22(15-19(18)2)25-16-26(20-7-11-23(29)12-8-20)32(30-25)27(33)17-31(3)28(34)21-9-13-24(35-4)14-10-21/h5-15,26H,16-17H2,1-4H3. The van der Waals surface area contributed by atoms with Gasteiger partial charge < -0.3 is 9.64 Å². The molecule has 1 aliphatic rings. The maximum atomic E-state index is 13.6. The minimum absolute atomic E-state index is 0.147. The van der Waals surface area contributed by atoms with Gasteiger partial charge in [-0.25, -0.2) is 9.40 Å². The number of rotatable bonds is 6. The zero-order valence-corrected chi connectivity index (χ0v) is 20.3. The Hall–Kier alpha value is -4.00. The van der Waals surface area contributed by atoms with Gasteiger partial charge in [0.25, 0.3) is 11.8 Å². The lowest BCUT2D eigenvalue weighted by Gasteiger charge is -2.25. The van der Waals surface area contributed by atoms with Crippen LogP contribution in [0.25, 0.3) is 0 Å². The van der Waals surface area contributed by atoms with Crippen molar-refractivity contribution in [3.05, 3.63) is 100 Å². The number of ether oxygens (including phenoxy) is 1. The number of halogens is 1. The predicted octanol–water partition coefficient (Wildman–Crippen LogP) is 4.90. The largest absolute Gasteiger partial charge is 0.497 e. The number of benzene rings is 3. The maximum absolute atomic E-state index is 13.6. The van der Waals surface area contributed by atoms with Crippen LogP contribution in [0.4, 0.5) is 4.39 Å². The van der Waals surface area contributed by atoms with Crippen molar-refractivity contribution < 1.29 is 18.7 Å². The molecule has 3 aromatic carbocycles. The van der Waals surface area contributed by atoms with Crippen molar-refractivity contribution in [3.63, 3.8) is 0 Å². The van der Waals surface area contributed by atoms with Crippen LogP contribution in [-0.4, -0.2) is 48.1 Å². The highest BCUT2D eigenvalue weighted by molar-refractivity contribution is 6.04. The first-order valence-corrected chi connectivity index (χ1v) is 11.4. The quantitative estimate of drug-likeness (QED) is 0.512. The molecule has 0 bridgehead atoms. The lowest BCUT2D eigenvalue weighted by atomic mass is 9.96. The third-order valence-corrected chi connectivity index (χ3v) is 6.32. The van der Waals surface area contributed by atoms with Crippen LogP contribution in [0.15, 0.2) is 71.8 Å². The summed E-state index contributed by atoms with van der Waals surface area (Å²) in [6.45, 7) is 3.93. The molecule has 7 heteroatoms. The summed E-state index contributed by atoms with van der Waals surface area (Å²) in [6, 6.07) is 18.5. The number of carbonyl (C=O) groups excluding carboxylic acids is 2. The number of methoxy groups -OCH3 is 1. The van der Waals surface area contributed by atoms with Crippen molar-refractivity contribution in [1.29, 1.82) is 0 Å². The zero-order chi connectivity index (χ0) is 25.1. The lowest BCUT2D eigenvalue weighted by Crippen LogP contribution is -2.39. The number of nitrogens with zero attached hydrogens (tertiary/aromatic N) is 3. The van der Waals surface area contributed by atoms with Gasteiger partial charge in [-0.15, -0.1) is 0 Å². The third-order valence-electron chi connectivity index (χ3n) is 6.32. The summed E-state index contributed by atoms with van der Waals surface area (Å²) >= 11 is 0. The smallest absolute Gasteiger partial charge is 0.262 e. The molecule has 0 aromatic heterocycles. The molecule has 1 heterocycles. The molecule has 3 aromatic rings. The van der Waals surface area contributed by atoms with Gasteiger partial charge >= 0.3 is 0 Å². The van der Waals surface area contributed by atoms with E-state index in [9.17, 15) is 14.0 Å². The second-order valence-electron chi connectivity index (χ2n) is 8.75. The fourth-order valence-corrected chi connectivity index (χ4v) is 4.08. The molecule has 6 nitrogen and oxygen atoms in total. The number of aryl methyl sites for hydroxylation is 2. The summed E-state index contributed by atoms with van der Waals surface area (Å²) in [4.78, 5) is 27.6. The number of likely N-dealkylation sites (N-methyl/N-ethyl adjacent to an activating group) is 1. The van der Waals surface area contributed by atoms with Crippen molar-refractivity contribution in [2.45, 2.75) is 26.3 Å². The molecule has 0 fully saturated rings. The van der Waals surface area contributed by atoms with E-state index in [1.54, 1.807) is 50.6 Å². The zero-order valence-electron chi connectivity index (χ0n) is 20.3. The molecule has 35 heavy (non-hydrogen) atoms. The van der Waals surface area contributed by atoms with Gasteiger partial charge in [0.2, 0.25) is 0 Å². The molecule has 1 unspecified atom stereocenters. The van der Waals surface area contributed by atoms with Gasteiger partial charge in [-0.1, -0.05) is 24.3 Å². The van der Waals surface area contributed by atoms with Crippen molar-refractivity contribution >= 4 is 17.5 Å². The van der Waals surface area contributed by atoms with E-state index in [1.807, 2.05) is 26.0 Å². The summed E-state index contributed by atoms with van der Waals surface area (Å²) in [5, 5.41) is 6.10. The maximum Gasteiger partial charge on any atom is 0.262 e. The molecule has 2 amide bonds. The fourth-order valence-electron chi connectivity index (χ4n) is 4.08. The van der Waals surface area contributed by atoms with E-state index in [0.29, 0.717) is 17.7 Å². The number of carbonyl (C=O) groups is 2. The van der Waals surface area contributed by atoms with E-state index < -0.39 is 0 Å². The predicted molar refractivity (Wildman–Crippen MR) is 133 cm³/mol. The Balaban J connectivity index is 1.58. The van der Waals surface area contributed by atoms with E-state index in [2.05, 4.69) is 11.2 Å². The molecule has 1 aliphatic heterocycles. The van der Waals surface area contributed by atoms with Gasteiger partial charge in [0, 0.05) is 19.0 Å². The average molecular weight is 474 g/mol. The fraction of sp³-hybridized carbons (Fsp3) is 0.250. The highest BCUT2D eigenvalue weighted by atomic mass is 19.1. The summed E-state index contributed by atoms with van der Waals surface area (Å²) in [5.74, 6) is -0.295. The molecule has 0 aliphatic carbocycles. The number of hydrogen-bond acceptors (Lipinski definition) is 4. The van der Waals surface area contributed by atoms with Crippen molar-refractivity contribution in [2.24, 2.45) is 5.10 Å². The molecular formula is C28H28FN3O3. The van der Waals surface area contributed by atoms with Gasteiger partial charge in [0.1, 0.15) is 18.1 Å². The Labute approximate surface area is 204 Å². The number of amides is 2. The Morgan fingerprint density at radius 1 is 1.03 bits per heavy atom. The number of hydrazone groups is 1. The molecule has 0 radical (unpaired) electrons. The first kappa shape index (κ1) is 24.1. The normalized spacial score (nSPS) is 15.1. The van der Waals surface area contributed by atoms with E-state index in [1.165, 1.54) is 27.6 Å². The van der Waals surface area contributed by atoms with E-state index in [-0.39, 0.29) is 30.2 Å². The highest BCUT2D eigenvalue weighted by Crippen LogP contribution is 2.33. The molecule has 0 spiro atoms. The minimum Gasteiger partial charge on any atom is -0.497 e. The van der Waals surface area contributed by atoms with Gasteiger partial charge in [-0.2, -0.15) is 5.10 Å². The topological polar surface area (TPSA) is 62.2 Å². The van der Waals surface area contributed by atoms with Crippen LogP contribution >= 0.6 is 0 Å². The summed E-state index contributed by atoms with van der Waals surface area (Å²) < 4.78 is 18.7. The Kier molecular flexibility index (Phi) is 6.96. The number of hydrogen-bond donors (Lipinski definition) is 0. The average Bonchev–Trinajstić information content (AvgIpc) is 3.31. The molecule has 180 valence electrons. The summed E-state index contributed by atoms with van der Waals surface area (Å²) in [6.07, 6.45) is 0.496. The van der Waals surface area contributed by atoms with Crippen LogP contribution in [0, 0.1) is 19.7 Å². The van der Waals surface area contributed by atoms with Gasteiger partial charge in [0.05, 0.1) is 18.9 Å². The SMILES string of the molecule is COc1ccc(C(=O)N(C)CC(=O)N2N=C(c3ccc(C)c(C)c3)CC2c2ccc(F)cc2)cc1. The van der Waals surface area contributed by atoms with Crippen LogP contribution in [-0.2, 0) is 4.79 Å². The molecular weight excluding hydrogens is 445 g/mol. The molecule has 1 atom stereocenters. The van der Waals surface area contributed by atoms with Crippen molar-refractivity contribution in [2.75, 3.05) is 20.7 Å². The van der Waals surface area contributed by atoms with E-state index in [4.69, 9.17) is 4.74 Å². The van der Waals surface area contributed by atoms with E-state index in [0.717, 1.165) is 22.4 Å². The van der Waals surface area contributed by atoms with Crippen LogP contribution in [0.3, 0.4) is 0 Å². The van der Waals surface area contributed by atoms with Crippen LogP contribution in [0.2, 0.25) is 0 Å². The van der Waals surface area contributed by atoms with Crippen LogP contribution < -0.4 is 4.74 Å². The van der Waals surface area contributed by atoms with E-state index >= 15 is 0 Å². The monoisotopic (exact) mass is 473 g/mol. The Morgan fingerprint density at radius 2 is 1.71 bits per heavy atom. The third kappa shape index (κ3) is 5.24. The second-order valence-corrected chi connectivity index (χ2v) is 8.75. The van der Waals surface area contributed by atoms with Crippen LogP contribution in [0.1, 0.15) is 45.1 Å². The highest BCUT2D eigenvalue weighted by Gasteiger charge is 2.34. The molecule has 4 rings (SSSR count). The summed E-state index contributed by atoms with van der Waals surface area (Å²) in [5.41, 5.74) is 5.27. The summed E-state index contributed by atoms with van der Waals surface area (Å²) in [7, 11) is 3.14. The molecule has 0 saturated carbocycles. The second kappa shape index (κ2) is 10.1. The molecule has 0 N–H and O–H groups in total. The lowest BCUT2D eigenvalue weighted by molar-refractivity contribution is -0.133. The van der Waals surface area contributed by atoms with Crippen LogP contribution in [0.5, 0.6) is 5.75 Å².